The van der Waals surface area contributed by atoms with E-state index in [-0.39, 0.29) is 5.82 Å². The lowest BCUT2D eigenvalue weighted by molar-refractivity contribution is -0.141. The van der Waals surface area contributed by atoms with E-state index in [1.165, 1.54) is 0 Å². The van der Waals surface area contributed by atoms with Crippen LogP contribution in [0, 0.1) is 0 Å². The molecule has 0 aliphatic carbocycles. The maximum Gasteiger partial charge on any atom is 0.434 e. The summed E-state index contributed by atoms with van der Waals surface area (Å²) in [4.78, 5) is 8.20. The summed E-state index contributed by atoms with van der Waals surface area (Å²) in [5.74, 6) is 0.512. The summed E-state index contributed by atoms with van der Waals surface area (Å²) in [7, 11) is 0. The van der Waals surface area contributed by atoms with E-state index in [1.54, 1.807) is 12.3 Å². The maximum absolute atomic E-state index is 11.8. The Hall–Kier alpha value is -2.53. The summed E-state index contributed by atoms with van der Waals surface area (Å²) in [6.45, 7) is 1.12. The van der Waals surface area contributed by atoms with Crippen LogP contribution in [0.3, 0.4) is 0 Å². The van der Waals surface area contributed by atoms with Crippen LogP contribution in [0.5, 0.6) is 0 Å². The SMILES string of the molecule is Nc1cncc(C(F)(F)F)n1.OC1CCN(c2cccnn2)CC1O. The first-order valence-corrected chi connectivity index (χ1v) is 7.31. The fourth-order valence-corrected chi connectivity index (χ4v) is 2.11. The summed E-state index contributed by atoms with van der Waals surface area (Å²) in [6.07, 6.45) is -1.92. The van der Waals surface area contributed by atoms with Crippen LogP contribution in [0.2, 0.25) is 0 Å². The van der Waals surface area contributed by atoms with E-state index < -0.39 is 24.1 Å². The second-order valence-electron chi connectivity index (χ2n) is 5.28. The Bertz CT molecular complexity index is 673. The zero-order valence-electron chi connectivity index (χ0n) is 13.0. The third-order valence-electron chi connectivity index (χ3n) is 3.37. The Morgan fingerprint density at radius 1 is 1.20 bits per heavy atom. The second kappa shape index (κ2) is 8.03. The van der Waals surface area contributed by atoms with Gasteiger partial charge >= 0.3 is 6.18 Å². The summed E-state index contributed by atoms with van der Waals surface area (Å²) in [5.41, 5.74) is 3.91. The second-order valence-corrected chi connectivity index (χ2v) is 5.28. The summed E-state index contributed by atoms with van der Waals surface area (Å²) in [5, 5.41) is 26.5. The molecular formula is C14H17F3N6O2. The normalized spacial score (nSPS) is 20.6. The number of nitrogen functional groups attached to an aromatic ring is 1. The van der Waals surface area contributed by atoms with Gasteiger partial charge in [0.2, 0.25) is 0 Å². The molecule has 1 aliphatic rings. The molecule has 8 nitrogen and oxygen atoms in total. The number of nitrogens with zero attached hydrogens (tertiary/aromatic N) is 5. The molecule has 0 saturated carbocycles. The molecule has 2 unspecified atom stereocenters. The fraction of sp³-hybridized carbons (Fsp3) is 0.429. The van der Waals surface area contributed by atoms with Crippen LogP contribution in [-0.2, 0) is 6.18 Å². The van der Waals surface area contributed by atoms with Gasteiger partial charge in [0.25, 0.3) is 0 Å². The minimum Gasteiger partial charge on any atom is -0.390 e. The lowest BCUT2D eigenvalue weighted by atomic mass is 10.1. The van der Waals surface area contributed by atoms with E-state index in [4.69, 9.17) is 5.73 Å². The van der Waals surface area contributed by atoms with E-state index in [9.17, 15) is 23.4 Å². The topological polar surface area (TPSA) is 121 Å². The molecule has 11 heteroatoms. The lowest BCUT2D eigenvalue weighted by Gasteiger charge is -2.33. The molecule has 0 bridgehead atoms. The monoisotopic (exact) mass is 358 g/mol. The van der Waals surface area contributed by atoms with Gasteiger partial charge in [0.1, 0.15) is 5.82 Å². The number of nitrogens with two attached hydrogens (primary N) is 1. The largest absolute Gasteiger partial charge is 0.434 e. The molecule has 1 saturated heterocycles. The fourth-order valence-electron chi connectivity index (χ4n) is 2.11. The van der Waals surface area contributed by atoms with Crippen molar-refractivity contribution in [3.8, 4) is 0 Å². The van der Waals surface area contributed by atoms with Crippen molar-refractivity contribution in [3.05, 3.63) is 36.4 Å². The summed E-state index contributed by atoms with van der Waals surface area (Å²) >= 11 is 0. The quantitative estimate of drug-likeness (QED) is 0.673. The van der Waals surface area contributed by atoms with Crippen LogP contribution < -0.4 is 10.6 Å². The number of aromatic nitrogens is 4. The van der Waals surface area contributed by atoms with Crippen LogP contribution in [0.15, 0.2) is 30.7 Å². The predicted octanol–water partition coefficient (Wildman–Crippen LogP) is 0.486. The molecule has 25 heavy (non-hydrogen) atoms. The average molecular weight is 358 g/mol. The molecule has 2 atom stereocenters. The molecule has 0 aromatic carbocycles. The van der Waals surface area contributed by atoms with E-state index in [0.29, 0.717) is 25.7 Å². The van der Waals surface area contributed by atoms with Gasteiger partial charge in [-0.3, -0.25) is 4.98 Å². The van der Waals surface area contributed by atoms with Crippen molar-refractivity contribution in [2.24, 2.45) is 0 Å². The highest BCUT2D eigenvalue weighted by Gasteiger charge is 2.32. The third kappa shape index (κ3) is 5.50. The number of rotatable bonds is 1. The minimum atomic E-state index is -4.47. The number of aliphatic hydroxyl groups is 2. The number of aliphatic hydroxyl groups excluding tert-OH is 2. The van der Waals surface area contributed by atoms with Gasteiger partial charge in [-0.05, 0) is 18.6 Å². The first kappa shape index (κ1) is 18.8. The lowest BCUT2D eigenvalue weighted by Crippen LogP contribution is -2.47. The van der Waals surface area contributed by atoms with Gasteiger partial charge in [0, 0.05) is 19.3 Å². The number of hydrogen-bond acceptors (Lipinski definition) is 8. The zero-order chi connectivity index (χ0) is 18.4. The molecule has 0 spiro atoms. The van der Waals surface area contributed by atoms with Crippen molar-refractivity contribution < 1.29 is 23.4 Å². The molecule has 1 fully saturated rings. The Morgan fingerprint density at radius 2 is 1.96 bits per heavy atom. The number of piperidine rings is 1. The Morgan fingerprint density at radius 3 is 2.48 bits per heavy atom. The number of alkyl halides is 3. The van der Waals surface area contributed by atoms with Crippen molar-refractivity contribution in [1.82, 2.24) is 20.2 Å². The highest BCUT2D eigenvalue weighted by Crippen LogP contribution is 2.26. The van der Waals surface area contributed by atoms with Gasteiger partial charge in [0.05, 0.1) is 24.6 Å². The predicted molar refractivity (Wildman–Crippen MR) is 82.3 cm³/mol. The zero-order valence-corrected chi connectivity index (χ0v) is 13.0. The van der Waals surface area contributed by atoms with Crippen LogP contribution in [0.25, 0.3) is 0 Å². The molecule has 3 rings (SSSR count). The molecule has 1 aliphatic heterocycles. The molecule has 3 heterocycles. The standard InChI is InChI=1S/C9H13N3O2.C5H4F3N3/c13-7-3-5-12(6-8(7)14)9-2-1-4-10-11-9;6-5(7,8)3-1-10-2-4(9)11-3/h1-2,4,7-8,13-14H,3,5-6H2;1-2H,(H2,9,11). The number of hydrogen-bond donors (Lipinski definition) is 3. The Kier molecular flexibility index (Phi) is 6.04. The van der Waals surface area contributed by atoms with E-state index in [0.717, 1.165) is 12.0 Å². The Balaban J connectivity index is 0.000000186. The Labute approximate surface area is 141 Å². The van der Waals surface area contributed by atoms with Gasteiger partial charge in [-0.25, -0.2) is 4.98 Å². The highest BCUT2D eigenvalue weighted by molar-refractivity contribution is 5.37. The molecule has 4 N–H and O–H groups in total. The first-order chi connectivity index (χ1) is 11.8. The van der Waals surface area contributed by atoms with Gasteiger partial charge in [-0.1, -0.05) is 0 Å². The van der Waals surface area contributed by atoms with Gasteiger partial charge < -0.3 is 20.8 Å². The van der Waals surface area contributed by atoms with Crippen molar-refractivity contribution in [1.29, 1.82) is 0 Å². The van der Waals surface area contributed by atoms with Gasteiger partial charge in [0.15, 0.2) is 11.5 Å². The van der Waals surface area contributed by atoms with Crippen molar-refractivity contribution in [3.63, 3.8) is 0 Å². The molecule has 0 radical (unpaired) electrons. The van der Waals surface area contributed by atoms with Crippen LogP contribution in [0.1, 0.15) is 12.1 Å². The van der Waals surface area contributed by atoms with Crippen molar-refractivity contribution in [2.45, 2.75) is 24.8 Å². The van der Waals surface area contributed by atoms with E-state index in [2.05, 4.69) is 20.2 Å². The molecular weight excluding hydrogens is 341 g/mol. The van der Waals surface area contributed by atoms with Gasteiger partial charge in [-0.15, -0.1) is 5.10 Å². The first-order valence-electron chi connectivity index (χ1n) is 7.31. The van der Waals surface area contributed by atoms with Crippen LogP contribution in [-0.4, -0.2) is 55.7 Å². The number of β-amino-alcohol motifs (C(OH)–C–C–N with tert-alkyl or cyclic N) is 1. The highest BCUT2D eigenvalue weighted by atomic mass is 19.4. The average Bonchev–Trinajstić information content (AvgIpc) is 2.58. The molecule has 2 aromatic rings. The van der Waals surface area contributed by atoms with E-state index in [1.807, 2.05) is 11.0 Å². The molecule has 0 amide bonds. The van der Waals surface area contributed by atoms with E-state index >= 15 is 0 Å². The third-order valence-corrected chi connectivity index (χ3v) is 3.37. The molecule has 2 aromatic heterocycles. The summed E-state index contributed by atoms with van der Waals surface area (Å²) < 4.78 is 35.4. The van der Waals surface area contributed by atoms with Crippen molar-refractivity contribution in [2.75, 3.05) is 23.7 Å². The number of anilines is 2. The van der Waals surface area contributed by atoms with Gasteiger partial charge in [-0.2, -0.15) is 18.3 Å². The van der Waals surface area contributed by atoms with Crippen LogP contribution >= 0.6 is 0 Å². The maximum atomic E-state index is 11.8. The number of halogens is 3. The molecule has 136 valence electrons. The minimum absolute atomic E-state index is 0.236. The van der Waals surface area contributed by atoms with Crippen LogP contribution in [0.4, 0.5) is 24.8 Å². The summed E-state index contributed by atoms with van der Waals surface area (Å²) in [6, 6.07) is 3.65. The smallest absolute Gasteiger partial charge is 0.390 e. The van der Waals surface area contributed by atoms with Crippen molar-refractivity contribution >= 4 is 11.6 Å².